The summed E-state index contributed by atoms with van der Waals surface area (Å²) in [5.74, 6) is 0.375. The van der Waals surface area contributed by atoms with Crippen molar-refractivity contribution in [2.75, 3.05) is 6.54 Å². The van der Waals surface area contributed by atoms with Crippen molar-refractivity contribution in [1.29, 1.82) is 0 Å². The Morgan fingerprint density at radius 3 is 2.85 bits per heavy atom. The Hall–Kier alpha value is -3.27. The van der Waals surface area contributed by atoms with Gasteiger partial charge in [0.05, 0.1) is 30.7 Å². The third-order valence-corrected chi connectivity index (χ3v) is 4.18. The quantitative estimate of drug-likeness (QED) is 0.699. The Labute approximate surface area is 148 Å². The Balaban J connectivity index is 1.35. The fourth-order valence-electron chi connectivity index (χ4n) is 2.54. The summed E-state index contributed by atoms with van der Waals surface area (Å²) in [4.78, 5) is 23.5. The molecule has 0 saturated carbocycles. The van der Waals surface area contributed by atoms with Gasteiger partial charge in [-0.05, 0) is 13.0 Å². The number of β-amino-alcohol motifs (C(OH)–C–C–N with tert-alkyl or cyclic N) is 1. The van der Waals surface area contributed by atoms with E-state index in [0.29, 0.717) is 18.1 Å². The van der Waals surface area contributed by atoms with Crippen molar-refractivity contribution in [3.63, 3.8) is 0 Å². The average molecular weight is 356 g/mol. The number of aliphatic hydroxyl groups excluding tert-OH is 1. The second kappa shape index (κ2) is 6.56. The third-order valence-electron chi connectivity index (χ3n) is 4.18. The van der Waals surface area contributed by atoms with Crippen molar-refractivity contribution in [3.05, 3.63) is 48.6 Å². The van der Waals surface area contributed by atoms with Crippen LogP contribution in [0.25, 0.3) is 5.69 Å². The second-order valence-corrected chi connectivity index (χ2v) is 5.85. The van der Waals surface area contributed by atoms with Crippen LogP contribution >= 0.6 is 0 Å². The summed E-state index contributed by atoms with van der Waals surface area (Å²) in [7, 11) is 0. The Kier molecular flexibility index (Phi) is 4.09. The summed E-state index contributed by atoms with van der Waals surface area (Å²) in [5.41, 5.74) is 0.896. The molecule has 0 aromatic carbocycles. The van der Waals surface area contributed by atoms with Gasteiger partial charge >= 0.3 is 0 Å². The smallest absolute Gasteiger partial charge is 0.276 e. The van der Waals surface area contributed by atoms with E-state index >= 15 is 0 Å². The van der Waals surface area contributed by atoms with Gasteiger partial charge in [-0.25, -0.2) is 9.97 Å². The van der Waals surface area contributed by atoms with Crippen LogP contribution in [0.15, 0.2) is 41.4 Å². The van der Waals surface area contributed by atoms with Gasteiger partial charge in [-0.1, -0.05) is 0 Å². The Bertz CT molecular complexity index is 892. The third kappa shape index (κ3) is 3.02. The highest BCUT2D eigenvalue weighted by atomic mass is 16.5. The van der Waals surface area contributed by atoms with Gasteiger partial charge in [0.25, 0.3) is 5.91 Å². The van der Waals surface area contributed by atoms with Crippen LogP contribution in [-0.2, 0) is 6.61 Å². The van der Waals surface area contributed by atoms with Crippen molar-refractivity contribution in [3.8, 4) is 11.6 Å². The number of aromatic nitrogens is 5. The second-order valence-electron chi connectivity index (χ2n) is 5.85. The number of oxazole rings is 1. The van der Waals surface area contributed by atoms with Crippen LogP contribution in [0.2, 0.25) is 0 Å². The van der Waals surface area contributed by atoms with Gasteiger partial charge in [-0.3, -0.25) is 4.79 Å². The first kappa shape index (κ1) is 16.2. The molecule has 1 fully saturated rings. The lowest BCUT2D eigenvalue weighted by Crippen LogP contribution is -2.60. The lowest BCUT2D eigenvalue weighted by Gasteiger charge is -2.42. The molecule has 3 aromatic heterocycles. The molecule has 1 saturated heterocycles. The molecule has 1 amide bonds. The topological polar surface area (TPSA) is 119 Å². The summed E-state index contributed by atoms with van der Waals surface area (Å²) in [5, 5.41) is 17.5. The number of hydrogen-bond acceptors (Lipinski definition) is 8. The number of ether oxygens (including phenoxy) is 1. The van der Waals surface area contributed by atoms with Gasteiger partial charge in [-0.15, -0.1) is 0 Å². The lowest BCUT2D eigenvalue weighted by atomic mass is 10.0. The van der Waals surface area contributed by atoms with Crippen LogP contribution < -0.4 is 4.74 Å². The molecule has 1 N–H and O–H groups in total. The number of pyridine rings is 1. The zero-order chi connectivity index (χ0) is 18.1. The molecular weight excluding hydrogens is 340 g/mol. The predicted molar refractivity (Wildman–Crippen MR) is 86.5 cm³/mol. The highest BCUT2D eigenvalue weighted by Crippen LogP contribution is 2.20. The van der Waals surface area contributed by atoms with E-state index in [1.54, 1.807) is 37.6 Å². The number of likely N-dealkylation sites (tertiary alicyclic amines) is 1. The Morgan fingerprint density at radius 1 is 1.38 bits per heavy atom. The maximum Gasteiger partial charge on any atom is 0.276 e. The van der Waals surface area contributed by atoms with Crippen LogP contribution in [0.3, 0.4) is 0 Å². The number of hydrogen-bond donors (Lipinski definition) is 1. The van der Waals surface area contributed by atoms with Gasteiger partial charge in [0.15, 0.2) is 12.3 Å². The van der Waals surface area contributed by atoms with Gasteiger partial charge in [0, 0.05) is 12.6 Å². The van der Waals surface area contributed by atoms with Gasteiger partial charge in [0.2, 0.25) is 11.8 Å². The molecule has 1 aliphatic heterocycles. The molecule has 134 valence electrons. The highest BCUT2D eigenvalue weighted by Gasteiger charge is 2.38. The summed E-state index contributed by atoms with van der Waals surface area (Å²) in [6, 6.07) is 3.23. The SMILES string of the molecule is C[C@H]1[C@@H](O)CN1C(=O)c1coc(COc2ccc(-n3nccn3)cn2)n1. The number of carbonyl (C=O) groups is 1. The Morgan fingerprint density at radius 2 is 2.19 bits per heavy atom. The first-order chi connectivity index (χ1) is 12.6. The van der Waals surface area contributed by atoms with Crippen molar-refractivity contribution in [2.24, 2.45) is 0 Å². The molecule has 26 heavy (non-hydrogen) atoms. The number of carbonyl (C=O) groups excluding carboxylic acids is 1. The van der Waals surface area contributed by atoms with E-state index in [1.165, 1.54) is 16.0 Å². The van der Waals surface area contributed by atoms with Crippen LogP contribution in [0.5, 0.6) is 5.88 Å². The number of amides is 1. The molecule has 1 aliphatic rings. The molecular formula is C16H16N6O4. The fourth-order valence-corrected chi connectivity index (χ4v) is 2.54. The van der Waals surface area contributed by atoms with E-state index in [2.05, 4.69) is 20.2 Å². The predicted octanol–water partition coefficient (Wildman–Crippen LogP) is 0.435. The van der Waals surface area contributed by atoms with Crippen molar-refractivity contribution in [2.45, 2.75) is 25.7 Å². The largest absolute Gasteiger partial charge is 0.468 e. The number of rotatable bonds is 5. The van der Waals surface area contributed by atoms with E-state index in [1.807, 2.05) is 0 Å². The minimum Gasteiger partial charge on any atom is -0.468 e. The zero-order valence-corrected chi connectivity index (χ0v) is 13.9. The van der Waals surface area contributed by atoms with Crippen LogP contribution in [0.4, 0.5) is 0 Å². The normalized spacial score (nSPS) is 19.2. The molecule has 0 unspecified atom stereocenters. The molecule has 3 aromatic rings. The molecule has 10 heteroatoms. The molecule has 0 aliphatic carbocycles. The molecule has 0 radical (unpaired) electrons. The number of nitrogens with zero attached hydrogens (tertiary/aromatic N) is 6. The standard InChI is InChI=1S/C16H16N6O4/c1-10-13(23)7-21(10)16(24)12-8-25-15(20-12)9-26-14-3-2-11(6-17-14)22-18-4-5-19-22/h2-6,8,10,13,23H,7,9H2,1H3/t10-,13-/m0/s1. The molecule has 4 heterocycles. The van der Waals surface area contributed by atoms with Gasteiger partial charge < -0.3 is 19.2 Å². The zero-order valence-electron chi connectivity index (χ0n) is 13.9. The fraction of sp³-hybridized carbons (Fsp3) is 0.312. The van der Waals surface area contributed by atoms with Crippen molar-refractivity contribution in [1.82, 2.24) is 29.9 Å². The minimum absolute atomic E-state index is 0.0395. The van der Waals surface area contributed by atoms with Crippen LogP contribution in [0.1, 0.15) is 23.3 Å². The lowest BCUT2D eigenvalue weighted by molar-refractivity contribution is -0.0360. The van der Waals surface area contributed by atoms with Gasteiger partial charge in [0.1, 0.15) is 12.0 Å². The van der Waals surface area contributed by atoms with Crippen LogP contribution in [0, 0.1) is 0 Å². The van der Waals surface area contributed by atoms with E-state index < -0.39 is 6.10 Å². The van der Waals surface area contributed by atoms with E-state index in [9.17, 15) is 9.90 Å². The maximum absolute atomic E-state index is 12.2. The van der Waals surface area contributed by atoms with E-state index in [-0.39, 0.29) is 30.1 Å². The summed E-state index contributed by atoms with van der Waals surface area (Å²) in [6.45, 7) is 2.13. The highest BCUT2D eigenvalue weighted by molar-refractivity contribution is 5.92. The van der Waals surface area contributed by atoms with Crippen molar-refractivity contribution >= 4 is 5.91 Å². The van der Waals surface area contributed by atoms with E-state index in [4.69, 9.17) is 9.15 Å². The van der Waals surface area contributed by atoms with E-state index in [0.717, 1.165) is 0 Å². The van der Waals surface area contributed by atoms with Crippen molar-refractivity contribution < 1.29 is 19.1 Å². The monoisotopic (exact) mass is 356 g/mol. The molecule has 4 rings (SSSR count). The molecule has 0 spiro atoms. The first-order valence-corrected chi connectivity index (χ1v) is 8.01. The summed E-state index contributed by atoms with van der Waals surface area (Å²) in [6.07, 6.45) is 5.54. The summed E-state index contributed by atoms with van der Waals surface area (Å²) >= 11 is 0. The molecule has 2 atom stereocenters. The average Bonchev–Trinajstić information content (AvgIpc) is 3.36. The molecule has 0 bridgehead atoms. The van der Waals surface area contributed by atoms with Crippen LogP contribution in [-0.4, -0.2) is 59.6 Å². The summed E-state index contributed by atoms with van der Waals surface area (Å²) < 4.78 is 10.8. The first-order valence-electron chi connectivity index (χ1n) is 8.01. The minimum atomic E-state index is -0.486. The maximum atomic E-state index is 12.2. The number of aliphatic hydroxyl groups is 1. The van der Waals surface area contributed by atoms with Gasteiger partial charge in [-0.2, -0.15) is 15.0 Å². The molecule has 10 nitrogen and oxygen atoms in total.